The lowest BCUT2D eigenvalue weighted by atomic mass is 9.93. The Kier molecular flexibility index (Phi) is 3.58. The van der Waals surface area contributed by atoms with Gasteiger partial charge in [0.2, 0.25) is 0 Å². The predicted octanol–water partition coefficient (Wildman–Crippen LogP) is 1.44. The normalized spacial score (nSPS) is 17.0. The van der Waals surface area contributed by atoms with E-state index in [1.807, 2.05) is 24.3 Å². The molecule has 0 bridgehead atoms. The van der Waals surface area contributed by atoms with Crippen molar-refractivity contribution in [1.82, 2.24) is 14.9 Å². The number of hydrogen-bond acceptors (Lipinski definition) is 4. The Hall–Kier alpha value is -2.76. The van der Waals surface area contributed by atoms with Crippen LogP contribution in [0.3, 0.4) is 0 Å². The summed E-state index contributed by atoms with van der Waals surface area (Å²) in [6.45, 7) is 1.99. The van der Waals surface area contributed by atoms with Gasteiger partial charge in [0.05, 0.1) is 11.3 Å². The summed E-state index contributed by atoms with van der Waals surface area (Å²) in [5, 5.41) is 9.47. The van der Waals surface area contributed by atoms with Crippen molar-refractivity contribution in [2.24, 2.45) is 0 Å². The number of fused-ring (bicyclic) bond motifs is 1. The molecular formula is C16H15N3O3. The molecule has 1 aliphatic rings. The van der Waals surface area contributed by atoms with E-state index in [4.69, 9.17) is 0 Å². The highest BCUT2D eigenvalue weighted by Crippen LogP contribution is 2.25. The second kappa shape index (κ2) is 5.55. The predicted molar refractivity (Wildman–Crippen MR) is 78.2 cm³/mol. The summed E-state index contributed by atoms with van der Waals surface area (Å²) in [6, 6.07) is 6.72. The molecule has 22 heavy (non-hydrogen) atoms. The van der Waals surface area contributed by atoms with Gasteiger partial charge >= 0.3 is 5.97 Å². The maximum Gasteiger partial charge on any atom is 0.326 e. The second-order valence-electron chi connectivity index (χ2n) is 5.28. The van der Waals surface area contributed by atoms with E-state index in [0.29, 0.717) is 17.7 Å². The van der Waals surface area contributed by atoms with E-state index in [9.17, 15) is 14.7 Å². The summed E-state index contributed by atoms with van der Waals surface area (Å²) in [5.41, 5.74) is 2.83. The van der Waals surface area contributed by atoms with Crippen LogP contribution in [0.4, 0.5) is 0 Å². The zero-order valence-corrected chi connectivity index (χ0v) is 12.1. The van der Waals surface area contributed by atoms with Gasteiger partial charge in [0.15, 0.2) is 0 Å². The SMILES string of the molecule is Cc1ncncc1C(=O)N1Cc2ccccc2C[C@H]1C(=O)O. The fraction of sp³-hybridized carbons (Fsp3) is 0.250. The van der Waals surface area contributed by atoms with Crippen LogP contribution in [-0.4, -0.2) is 37.9 Å². The molecule has 1 amide bonds. The van der Waals surface area contributed by atoms with Crippen LogP contribution in [0.1, 0.15) is 27.2 Å². The van der Waals surface area contributed by atoms with Crippen LogP contribution in [0.25, 0.3) is 0 Å². The first-order chi connectivity index (χ1) is 10.6. The molecule has 0 spiro atoms. The van der Waals surface area contributed by atoms with Gasteiger partial charge in [0, 0.05) is 19.2 Å². The summed E-state index contributed by atoms with van der Waals surface area (Å²) in [5.74, 6) is -1.35. The summed E-state index contributed by atoms with van der Waals surface area (Å²) in [7, 11) is 0. The van der Waals surface area contributed by atoms with Crippen LogP contribution >= 0.6 is 0 Å². The minimum absolute atomic E-state index is 0.278. The molecule has 2 heterocycles. The van der Waals surface area contributed by atoms with Crippen LogP contribution in [0.15, 0.2) is 36.8 Å². The summed E-state index contributed by atoms with van der Waals surface area (Å²) in [4.78, 5) is 33.6. The molecule has 3 rings (SSSR count). The van der Waals surface area contributed by atoms with Gasteiger partial charge in [-0.1, -0.05) is 24.3 Å². The number of aryl methyl sites for hydroxylation is 1. The Labute approximate surface area is 127 Å². The quantitative estimate of drug-likeness (QED) is 0.906. The summed E-state index contributed by atoms with van der Waals surface area (Å²) < 4.78 is 0. The number of carboxylic acids is 1. The Morgan fingerprint density at radius 3 is 2.68 bits per heavy atom. The molecule has 0 fully saturated rings. The number of carboxylic acid groups (broad SMARTS) is 1. The van der Waals surface area contributed by atoms with Crippen LogP contribution in [0, 0.1) is 6.92 Å². The van der Waals surface area contributed by atoms with Crippen LogP contribution < -0.4 is 0 Å². The summed E-state index contributed by atoms with van der Waals surface area (Å²) in [6.07, 6.45) is 3.11. The Morgan fingerprint density at radius 2 is 2.00 bits per heavy atom. The van der Waals surface area contributed by atoms with Crippen molar-refractivity contribution >= 4 is 11.9 Å². The first-order valence-electron chi connectivity index (χ1n) is 6.95. The summed E-state index contributed by atoms with van der Waals surface area (Å²) >= 11 is 0. The number of carbonyl (C=O) groups is 2. The van der Waals surface area contributed by atoms with Gasteiger partial charge in [-0.15, -0.1) is 0 Å². The van der Waals surface area contributed by atoms with E-state index in [2.05, 4.69) is 9.97 Å². The Morgan fingerprint density at radius 1 is 1.27 bits per heavy atom. The minimum Gasteiger partial charge on any atom is -0.480 e. The molecule has 1 N–H and O–H groups in total. The van der Waals surface area contributed by atoms with Crippen molar-refractivity contribution < 1.29 is 14.7 Å². The molecule has 0 saturated heterocycles. The minimum atomic E-state index is -1.00. The number of nitrogens with zero attached hydrogens (tertiary/aromatic N) is 3. The van der Waals surface area contributed by atoms with Gasteiger partial charge < -0.3 is 10.0 Å². The van der Waals surface area contributed by atoms with Gasteiger partial charge in [0.25, 0.3) is 5.91 Å². The highest BCUT2D eigenvalue weighted by atomic mass is 16.4. The van der Waals surface area contributed by atoms with Gasteiger partial charge in [-0.25, -0.2) is 14.8 Å². The third kappa shape index (κ3) is 2.43. The molecule has 1 aromatic carbocycles. The number of rotatable bonds is 2. The van der Waals surface area contributed by atoms with E-state index >= 15 is 0 Å². The fourth-order valence-electron chi connectivity index (χ4n) is 2.71. The van der Waals surface area contributed by atoms with E-state index in [-0.39, 0.29) is 12.5 Å². The van der Waals surface area contributed by atoms with E-state index in [0.717, 1.165) is 11.1 Å². The largest absolute Gasteiger partial charge is 0.480 e. The van der Waals surface area contributed by atoms with Gasteiger partial charge in [-0.2, -0.15) is 0 Å². The number of aromatic nitrogens is 2. The topological polar surface area (TPSA) is 83.4 Å². The number of benzene rings is 1. The van der Waals surface area contributed by atoms with E-state index in [1.54, 1.807) is 6.92 Å². The molecule has 0 unspecified atom stereocenters. The van der Waals surface area contributed by atoms with Gasteiger partial charge in [-0.05, 0) is 18.1 Å². The zero-order valence-electron chi connectivity index (χ0n) is 12.1. The maximum atomic E-state index is 12.7. The lowest BCUT2D eigenvalue weighted by Crippen LogP contribution is -2.48. The Balaban J connectivity index is 1.99. The number of carbonyl (C=O) groups excluding carboxylic acids is 1. The molecule has 0 radical (unpaired) electrons. The second-order valence-corrected chi connectivity index (χ2v) is 5.28. The van der Waals surface area contributed by atoms with Gasteiger partial charge in [0.1, 0.15) is 12.4 Å². The Bertz CT molecular complexity index is 745. The third-order valence-corrected chi connectivity index (χ3v) is 3.94. The number of aliphatic carboxylic acids is 1. The molecule has 2 aromatic rings. The lowest BCUT2D eigenvalue weighted by molar-refractivity contribution is -0.142. The highest BCUT2D eigenvalue weighted by molar-refractivity contribution is 5.97. The molecule has 1 aliphatic heterocycles. The molecule has 1 atom stereocenters. The highest BCUT2D eigenvalue weighted by Gasteiger charge is 2.35. The van der Waals surface area contributed by atoms with Gasteiger partial charge in [-0.3, -0.25) is 4.79 Å². The first-order valence-corrected chi connectivity index (χ1v) is 6.95. The van der Waals surface area contributed by atoms with Crippen LogP contribution in [0.5, 0.6) is 0 Å². The first kappa shape index (κ1) is 14.2. The van der Waals surface area contributed by atoms with Crippen molar-refractivity contribution in [3.8, 4) is 0 Å². The zero-order chi connectivity index (χ0) is 15.7. The van der Waals surface area contributed by atoms with E-state index in [1.165, 1.54) is 17.4 Å². The van der Waals surface area contributed by atoms with Crippen molar-refractivity contribution in [3.05, 3.63) is 59.2 Å². The standard InChI is InChI=1S/C16H15N3O3/c1-10-13(7-17-9-18-10)15(20)19-8-12-5-3-2-4-11(12)6-14(19)16(21)22/h2-5,7,9,14H,6,8H2,1H3,(H,21,22)/t14-/m0/s1. The average molecular weight is 297 g/mol. The molecular weight excluding hydrogens is 282 g/mol. The van der Waals surface area contributed by atoms with E-state index < -0.39 is 12.0 Å². The fourth-order valence-corrected chi connectivity index (χ4v) is 2.71. The molecule has 6 nitrogen and oxygen atoms in total. The smallest absolute Gasteiger partial charge is 0.326 e. The molecule has 0 aliphatic carbocycles. The van der Waals surface area contributed by atoms with Crippen LogP contribution in [0.2, 0.25) is 0 Å². The number of amides is 1. The van der Waals surface area contributed by atoms with Crippen LogP contribution in [-0.2, 0) is 17.8 Å². The van der Waals surface area contributed by atoms with Crippen molar-refractivity contribution in [2.75, 3.05) is 0 Å². The number of hydrogen-bond donors (Lipinski definition) is 1. The third-order valence-electron chi connectivity index (χ3n) is 3.94. The molecule has 112 valence electrons. The van der Waals surface area contributed by atoms with Crippen molar-refractivity contribution in [1.29, 1.82) is 0 Å². The molecule has 1 aromatic heterocycles. The van der Waals surface area contributed by atoms with Crippen molar-refractivity contribution in [2.45, 2.75) is 25.9 Å². The molecule has 6 heteroatoms. The lowest BCUT2D eigenvalue weighted by Gasteiger charge is -2.34. The maximum absolute atomic E-state index is 12.7. The average Bonchev–Trinajstić information content (AvgIpc) is 2.53. The van der Waals surface area contributed by atoms with Crippen molar-refractivity contribution in [3.63, 3.8) is 0 Å². The molecule has 0 saturated carbocycles. The monoisotopic (exact) mass is 297 g/mol.